The second-order valence-corrected chi connectivity index (χ2v) is 17.9. The number of fused-ring (bicyclic) bond motifs is 2. The van der Waals surface area contributed by atoms with E-state index in [0.29, 0.717) is 13.1 Å². The Balaban J connectivity index is 0.977. The van der Waals surface area contributed by atoms with Gasteiger partial charge < -0.3 is 39.9 Å². The van der Waals surface area contributed by atoms with Gasteiger partial charge in [-0.05, 0) is 60.8 Å². The summed E-state index contributed by atoms with van der Waals surface area (Å²) in [7, 11) is 2.59. The Bertz CT molecular complexity index is 2540. The number of hydrogen-bond donors (Lipinski definition) is 4. The van der Waals surface area contributed by atoms with Gasteiger partial charge in [-0.25, -0.2) is 19.6 Å². The minimum atomic E-state index is -0.690. The third-order valence-corrected chi connectivity index (χ3v) is 13.8. The van der Waals surface area contributed by atoms with Gasteiger partial charge in [0.1, 0.15) is 23.7 Å². The molecular weight excluding hydrogens is 801 g/mol. The minimum Gasteiger partial charge on any atom is -0.453 e. The van der Waals surface area contributed by atoms with Crippen LogP contribution in [-0.4, -0.2) is 93.1 Å². The molecule has 0 saturated carbocycles. The lowest BCUT2D eigenvalue weighted by atomic mass is 10.0. The van der Waals surface area contributed by atoms with E-state index >= 15 is 0 Å². The molecular formula is C44H50N8O6S2. The molecule has 6 heterocycles. The molecule has 0 radical (unpaired) electrons. The fourth-order valence-electron chi connectivity index (χ4n) is 8.44. The molecule has 8 rings (SSSR count). The van der Waals surface area contributed by atoms with Crippen LogP contribution in [0.2, 0.25) is 0 Å². The van der Waals surface area contributed by atoms with Crippen LogP contribution in [0.25, 0.3) is 53.9 Å². The Labute approximate surface area is 356 Å². The number of nitrogens with one attached hydrogen (secondary N) is 4. The highest BCUT2D eigenvalue weighted by Crippen LogP contribution is 2.45. The summed E-state index contributed by atoms with van der Waals surface area (Å²) in [5, 5.41) is 9.86. The van der Waals surface area contributed by atoms with Gasteiger partial charge in [0.05, 0.1) is 52.4 Å². The molecule has 2 aliphatic rings. The highest BCUT2D eigenvalue weighted by molar-refractivity contribution is 7.27. The number of rotatable bonds is 11. The van der Waals surface area contributed by atoms with Gasteiger partial charge in [0, 0.05) is 46.7 Å². The number of likely N-dealkylation sites (tertiary alicyclic amines) is 2. The number of thiophene rings is 2. The molecule has 4 atom stereocenters. The molecule has 2 fully saturated rings. The maximum atomic E-state index is 13.7. The zero-order valence-corrected chi connectivity index (χ0v) is 36.2. The van der Waals surface area contributed by atoms with Gasteiger partial charge in [-0.2, -0.15) is 0 Å². The first-order valence-electron chi connectivity index (χ1n) is 20.4. The van der Waals surface area contributed by atoms with Crippen molar-refractivity contribution >= 4 is 67.1 Å². The summed E-state index contributed by atoms with van der Waals surface area (Å²) >= 11 is 3.46. The molecule has 3 unspecified atom stereocenters. The van der Waals surface area contributed by atoms with Crippen LogP contribution in [-0.2, 0) is 19.1 Å². The van der Waals surface area contributed by atoms with Gasteiger partial charge in [0.25, 0.3) is 0 Å². The van der Waals surface area contributed by atoms with E-state index in [0.717, 1.165) is 76.3 Å². The molecule has 2 aliphatic heterocycles. The van der Waals surface area contributed by atoms with E-state index in [1.165, 1.54) is 29.2 Å². The number of alkyl carbamates (subject to hydrolysis) is 2. The molecule has 314 valence electrons. The monoisotopic (exact) mass is 850 g/mol. The summed E-state index contributed by atoms with van der Waals surface area (Å²) in [6.07, 6.45) is 3.92. The Morgan fingerprint density at radius 2 is 1.23 bits per heavy atom. The predicted molar refractivity (Wildman–Crippen MR) is 234 cm³/mol. The first-order valence-corrected chi connectivity index (χ1v) is 22.2. The van der Waals surface area contributed by atoms with Gasteiger partial charge in [-0.15, -0.1) is 22.7 Å². The fraction of sp³-hybridized carbons (Fsp3) is 0.409. The lowest BCUT2D eigenvalue weighted by Gasteiger charge is -2.29. The van der Waals surface area contributed by atoms with Crippen molar-refractivity contribution in [2.24, 2.45) is 11.8 Å². The van der Waals surface area contributed by atoms with Gasteiger partial charge >= 0.3 is 12.2 Å². The van der Waals surface area contributed by atoms with Crippen LogP contribution >= 0.6 is 22.7 Å². The Kier molecular flexibility index (Phi) is 11.7. The third kappa shape index (κ3) is 7.85. The molecule has 0 aliphatic carbocycles. The Morgan fingerprint density at radius 3 is 1.78 bits per heavy atom. The molecule has 2 aromatic carbocycles. The number of imidazole rings is 2. The number of amides is 4. The molecule has 0 spiro atoms. The third-order valence-electron chi connectivity index (χ3n) is 11.7. The number of benzene rings is 2. The molecule has 0 bridgehead atoms. The fourth-order valence-corrected chi connectivity index (χ4v) is 10.9. The SMILES string of the molecule is COC(=O)NC(C(=O)N1CCCC1c1nc2ccc(-c3csc4c(-c5ccc(-c6c[nH]c(C7CCCN7C(=O)[C@@H](NC(=O)OC)C(C)C)n6)cc5)csc34)cc2[nH]1)C(C)C. The predicted octanol–water partition coefficient (Wildman–Crippen LogP) is 8.65. The summed E-state index contributed by atoms with van der Waals surface area (Å²) in [6.45, 7) is 8.83. The highest BCUT2D eigenvalue weighted by atomic mass is 32.1. The number of nitrogens with zero attached hydrogens (tertiary/aromatic N) is 4. The number of ether oxygens (including phenoxy) is 2. The summed E-state index contributed by atoms with van der Waals surface area (Å²) in [5.41, 5.74) is 8.07. The molecule has 14 nitrogen and oxygen atoms in total. The van der Waals surface area contributed by atoms with E-state index in [2.05, 4.69) is 67.8 Å². The summed E-state index contributed by atoms with van der Waals surface area (Å²) in [5.74, 6) is 1.00. The van der Waals surface area contributed by atoms with E-state index in [1.807, 2.05) is 49.8 Å². The normalized spacial score (nSPS) is 17.8. The van der Waals surface area contributed by atoms with E-state index in [-0.39, 0.29) is 35.7 Å². The van der Waals surface area contributed by atoms with Crippen molar-refractivity contribution in [3.05, 3.63) is 71.1 Å². The molecule has 4 N–H and O–H groups in total. The van der Waals surface area contributed by atoms with Gasteiger partial charge in [0.2, 0.25) is 11.8 Å². The van der Waals surface area contributed by atoms with Gasteiger partial charge in [0.15, 0.2) is 0 Å². The van der Waals surface area contributed by atoms with E-state index in [4.69, 9.17) is 19.4 Å². The van der Waals surface area contributed by atoms with Crippen molar-refractivity contribution in [3.63, 3.8) is 0 Å². The second-order valence-electron chi connectivity index (χ2n) is 16.2. The number of methoxy groups -OCH3 is 2. The van der Waals surface area contributed by atoms with Crippen LogP contribution < -0.4 is 10.6 Å². The molecule has 60 heavy (non-hydrogen) atoms. The molecule has 16 heteroatoms. The topological polar surface area (TPSA) is 175 Å². The van der Waals surface area contributed by atoms with Gasteiger partial charge in [-0.3, -0.25) is 9.59 Å². The largest absolute Gasteiger partial charge is 0.453 e. The lowest BCUT2D eigenvalue weighted by Crippen LogP contribution is -2.51. The van der Waals surface area contributed by atoms with Crippen LogP contribution in [0.5, 0.6) is 0 Å². The van der Waals surface area contributed by atoms with Gasteiger partial charge in [-0.1, -0.05) is 58.0 Å². The average Bonchev–Trinajstić information content (AvgIpc) is 4.10. The Hall–Kier alpha value is -5.74. The maximum absolute atomic E-state index is 13.7. The zero-order chi connectivity index (χ0) is 42.2. The summed E-state index contributed by atoms with van der Waals surface area (Å²) in [6, 6.07) is 12.9. The van der Waals surface area contributed by atoms with Crippen molar-refractivity contribution in [1.82, 2.24) is 40.4 Å². The van der Waals surface area contributed by atoms with Crippen LogP contribution in [0.15, 0.2) is 59.4 Å². The van der Waals surface area contributed by atoms with Crippen LogP contribution in [0.1, 0.15) is 77.1 Å². The highest BCUT2D eigenvalue weighted by Gasteiger charge is 2.39. The minimum absolute atomic E-state index is 0.104. The van der Waals surface area contributed by atoms with E-state index in [9.17, 15) is 19.2 Å². The van der Waals surface area contributed by atoms with Crippen molar-refractivity contribution < 1.29 is 28.7 Å². The molecule has 2 saturated heterocycles. The number of carbonyl (C=O) groups is 4. The maximum Gasteiger partial charge on any atom is 0.407 e. The summed E-state index contributed by atoms with van der Waals surface area (Å²) < 4.78 is 12.0. The van der Waals surface area contributed by atoms with Crippen molar-refractivity contribution in [3.8, 4) is 33.5 Å². The summed E-state index contributed by atoms with van der Waals surface area (Å²) in [4.78, 5) is 71.7. The number of aromatic amines is 2. The first kappa shape index (κ1) is 41.0. The number of hydrogen-bond acceptors (Lipinski definition) is 10. The quantitative estimate of drug-likeness (QED) is 0.100. The smallest absolute Gasteiger partial charge is 0.407 e. The van der Waals surface area contributed by atoms with Crippen LogP contribution in [0.4, 0.5) is 9.59 Å². The number of H-pyrrole nitrogens is 2. The van der Waals surface area contributed by atoms with Crippen LogP contribution in [0, 0.1) is 11.8 Å². The van der Waals surface area contributed by atoms with E-state index in [1.54, 1.807) is 22.7 Å². The molecule has 4 amide bonds. The second kappa shape index (κ2) is 17.1. The molecule has 4 aromatic heterocycles. The standard InChI is InChI=1S/C44H50N8O6S2/c1-23(2)35(49-43(55)57-5)41(53)51-17-7-9-33(51)39-45-20-32(48-39)26-13-11-25(12-14-26)28-21-59-38-29(22-60-37(28)38)27-15-16-30-31(19-27)47-40(46-30)34-10-8-18-52(34)42(54)36(24(3)4)50-44(56)58-6/h11-16,19-24,33-36H,7-10,17-18H2,1-6H3,(H,45,48)(H,46,47)(H,49,55)(H,50,56)/t33?,34?,35-,36?/m0/s1. The average molecular weight is 851 g/mol. The van der Waals surface area contributed by atoms with Crippen molar-refractivity contribution in [1.29, 1.82) is 0 Å². The zero-order valence-electron chi connectivity index (χ0n) is 34.5. The number of aromatic nitrogens is 4. The number of carbonyl (C=O) groups excluding carboxylic acids is 4. The molecule has 6 aromatic rings. The Morgan fingerprint density at radius 1 is 0.717 bits per heavy atom. The van der Waals surface area contributed by atoms with Crippen molar-refractivity contribution in [2.75, 3.05) is 27.3 Å². The lowest BCUT2D eigenvalue weighted by molar-refractivity contribution is -0.136. The van der Waals surface area contributed by atoms with Crippen LogP contribution in [0.3, 0.4) is 0 Å². The first-order chi connectivity index (χ1) is 28.9. The van der Waals surface area contributed by atoms with E-state index < -0.39 is 24.3 Å². The van der Waals surface area contributed by atoms with Crippen molar-refractivity contribution in [2.45, 2.75) is 77.5 Å².